The lowest BCUT2D eigenvalue weighted by Crippen LogP contribution is -2.49. The Morgan fingerprint density at radius 2 is 2.15 bits per heavy atom. The molecule has 0 spiro atoms. The van der Waals surface area contributed by atoms with Gasteiger partial charge in [0.2, 0.25) is 0 Å². The molecule has 0 N–H and O–H groups in total. The highest BCUT2D eigenvalue weighted by atomic mass is 32.2. The molecule has 0 bridgehead atoms. The number of rotatable bonds is 4. The van der Waals surface area contributed by atoms with Crippen molar-refractivity contribution in [2.75, 3.05) is 18.8 Å². The maximum absolute atomic E-state index is 12.3. The summed E-state index contributed by atoms with van der Waals surface area (Å²) in [4.78, 5) is 19.5. The van der Waals surface area contributed by atoms with E-state index < -0.39 is 0 Å². The highest BCUT2D eigenvalue weighted by Crippen LogP contribution is 2.23. The highest BCUT2D eigenvalue weighted by Gasteiger charge is 2.29. The molecule has 0 saturated carbocycles. The molecule has 6 nitrogen and oxygen atoms in total. The maximum atomic E-state index is 12.3. The van der Waals surface area contributed by atoms with Gasteiger partial charge in [-0.1, -0.05) is 0 Å². The van der Waals surface area contributed by atoms with Gasteiger partial charge in [-0.2, -0.15) is 16.9 Å². The molecule has 1 fully saturated rings. The lowest BCUT2D eigenvalue weighted by atomic mass is 10.00. The Balaban J connectivity index is 1.19. The van der Waals surface area contributed by atoms with Crippen LogP contribution in [0.25, 0.3) is 0 Å². The second kappa shape index (κ2) is 6.85. The topological polar surface area (TPSA) is 56.0 Å². The molecule has 0 aliphatic carbocycles. The monoisotopic (exact) mass is 371 g/mol. The molecule has 0 unspecified atom stereocenters. The minimum Gasteiger partial charge on any atom is -0.335 e. The van der Waals surface area contributed by atoms with Crippen LogP contribution >= 0.6 is 11.8 Å². The summed E-state index contributed by atoms with van der Waals surface area (Å²) in [5.74, 6) is 3.83. The lowest BCUT2D eigenvalue weighted by molar-refractivity contribution is 0.0753. The molecule has 26 heavy (non-hydrogen) atoms. The van der Waals surface area contributed by atoms with Gasteiger partial charge in [0.25, 0.3) is 5.56 Å². The predicted molar refractivity (Wildman–Crippen MR) is 102 cm³/mol. The van der Waals surface area contributed by atoms with Crippen molar-refractivity contribution < 1.29 is 0 Å². The summed E-state index contributed by atoms with van der Waals surface area (Å²) in [6, 6.07) is 1.81. The number of imidazole rings is 1. The zero-order valence-electron chi connectivity index (χ0n) is 15.1. The number of nitrogens with zero attached hydrogens (tertiary/aromatic N) is 5. The van der Waals surface area contributed by atoms with Gasteiger partial charge in [0.1, 0.15) is 5.82 Å². The summed E-state index contributed by atoms with van der Waals surface area (Å²) >= 11 is 1.89. The first kappa shape index (κ1) is 16.6. The van der Waals surface area contributed by atoms with Crippen LogP contribution in [0.15, 0.2) is 17.1 Å². The third-order valence-corrected chi connectivity index (χ3v) is 6.72. The Morgan fingerprint density at radius 1 is 1.23 bits per heavy atom. The highest BCUT2D eigenvalue weighted by molar-refractivity contribution is 7.98. The first-order valence-corrected chi connectivity index (χ1v) is 10.8. The van der Waals surface area contributed by atoms with Crippen LogP contribution in [0.4, 0.5) is 0 Å². The van der Waals surface area contributed by atoms with Gasteiger partial charge in [0, 0.05) is 63.0 Å². The Hall–Kier alpha value is -1.60. The zero-order valence-corrected chi connectivity index (χ0v) is 15.9. The minimum absolute atomic E-state index is 0.0616. The van der Waals surface area contributed by atoms with Crippen LogP contribution in [-0.4, -0.2) is 43.1 Å². The molecule has 2 aromatic heterocycles. The Morgan fingerprint density at radius 3 is 3.04 bits per heavy atom. The van der Waals surface area contributed by atoms with Crippen LogP contribution in [0, 0.1) is 5.92 Å². The summed E-state index contributed by atoms with van der Waals surface area (Å²) < 4.78 is 4.02. The first-order chi connectivity index (χ1) is 12.7. The maximum Gasteiger partial charge on any atom is 0.267 e. The van der Waals surface area contributed by atoms with Crippen LogP contribution in [0.2, 0.25) is 0 Å². The molecule has 3 aliphatic heterocycles. The minimum atomic E-state index is 0.0616. The molecule has 0 aromatic carbocycles. The standard InChI is InChI=1S/C19H25N5OS/c25-19-7-15-13-26-6-4-17(15)21-24(19)10-14-8-22(9-14)11-16-12-23-5-2-1-3-18(23)20-16/h7,12,14H,1-6,8-11,13H2. The van der Waals surface area contributed by atoms with Gasteiger partial charge in [0.05, 0.1) is 17.9 Å². The summed E-state index contributed by atoms with van der Waals surface area (Å²) in [6.45, 7) is 4.86. The van der Waals surface area contributed by atoms with Gasteiger partial charge in [0.15, 0.2) is 0 Å². The molecule has 2 aromatic rings. The van der Waals surface area contributed by atoms with Crippen molar-refractivity contribution in [2.45, 2.75) is 51.1 Å². The Bertz CT molecular complexity index is 844. The summed E-state index contributed by atoms with van der Waals surface area (Å²) in [5, 5.41) is 4.64. The number of thioether (sulfide) groups is 1. The molecule has 0 radical (unpaired) electrons. The predicted octanol–water partition coefficient (Wildman–Crippen LogP) is 1.70. The average molecular weight is 372 g/mol. The van der Waals surface area contributed by atoms with Crippen molar-refractivity contribution in [1.29, 1.82) is 0 Å². The van der Waals surface area contributed by atoms with Crippen LogP contribution in [0.5, 0.6) is 0 Å². The van der Waals surface area contributed by atoms with Crippen LogP contribution in [0.1, 0.15) is 35.6 Å². The fourth-order valence-corrected chi connectivity index (χ4v) is 5.28. The van der Waals surface area contributed by atoms with Crippen LogP contribution in [0.3, 0.4) is 0 Å². The van der Waals surface area contributed by atoms with Gasteiger partial charge in [-0.15, -0.1) is 0 Å². The molecule has 5 rings (SSSR count). The molecular weight excluding hydrogens is 346 g/mol. The van der Waals surface area contributed by atoms with Gasteiger partial charge in [-0.3, -0.25) is 9.69 Å². The van der Waals surface area contributed by atoms with Gasteiger partial charge in [-0.25, -0.2) is 9.67 Å². The van der Waals surface area contributed by atoms with E-state index in [1.165, 1.54) is 24.4 Å². The SMILES string of the molecule is O=c1cc2c(nn1CC1CN(Cc3cn4c(n3)CCCC4)C1)CCSC2. The molecule has 1 saturated heterocycles. The van der Waals surface area contributed by atoms with Crippen molar-refractivity contribution in [2.24, 2.45) is 5.92 Å². The normalized spacial score (nSPS) is 20.5. The Kier molecular flexibility index (Phi) is 4.36. The van der Waals surface area contributed by atoms with Crippen LogP contribution < -0.4 is 5.56 Å². The van der Waals surface area contributed by atoms with Crippen molar-refractivity contribution >= 4 is 11.8 Å². The molecule has 138 valence electrons. The van der Waals surface area contributed by atoms with E-state index >= 15 is 0 Å². The fourth-order valence-electron chi connectivity index (χ4n) is 4.33. The molecule has 0 atom stereocenters. The average Bonchev–Trinajstić information content (AvgIpc) is 3.02. The third kappa shape index (κ3) is 3.22. The van der Waals surface area contributed by atoms with Crippen molar-refractivity contribution in [3.05, 3.63) is 45.4 Å². The van der Waals surface area contributed by atoms with E-state index in [0.29, 0.717) is 5.92 Å². The zero-order chi connectivity index (χ0) is 17.5. The lowest BCUT2D eigenvalue weighted by Gasteiger charge is -2.38. The van der Waals surface area contributed by atoms with E-state index in [9.17, 15) is 4.79 Å². The molecule has 0 amide bonds. The van der Waals surface area contributed by atoms with Crippen molar-refractivity contribution in [3.8, 4) is 0 Å². The summed E-state index contributed by atoms with van der Waals surface area (Å²) in [6.07, 6.45) is 6.88. The first-order valence-electron chi connectivity index (χ1n) is 9.69. The summed E-state index contributed by atoms with van der Waals surface area (Å²) in [7, 11) is 0. The van der Waals surface area contributed by atoms with E-state index in [-0.39, 0.29) is 5.56 Å². The van der Waals surface area contributed by atoms with E-state index in [4.69, 9.17) is 4.98 Å². The molecule has 3 aliphatic rings. The third-order valence-electron chi connectivity index (χ3n) is 5.71. The number of hydrogen-bond donors (Lipinski definition) is 0. The van der Waals surface area contributed by atoms with Crippen molar-refractivity contribution in [3.63, 3.8) is 0 Å². The quantitative estimate of drug-likeness (QED) is 0.819. The number of aromatic nitrogens is 4. The molecule has 5 heterocycles. The number of likely N-dealkylation sites (tertiary alicyclic amines) is 1. The van der Waals surface area contributed by atoms with Gasteiger partial charge >= 0.3 is 0 Å². The number of fused-ring (bicyclic) bond motifs is 2. The van der Waals surface area contributed by atoms with E-state index in [1.807, 2.05) is 11.8 Å². The molecule has 7 heteroatoms. The van der Waals surface area contributed by atoms with E-state index in [1.54, 1.807) is 10.7 Å². The molecular formula is C19H25N5OS. The van der Waals surface area contributed by atoms with Gasteiger partial charge in [-0.05, 0) is 24.2 Å². The van der Waals surface area contributed by atoms with E-state index in [0.717, 1.165) is 68.3 Å². The van der Waals surface area contributed by atoms with Crippen LogP contribution in [-0.2, 0) is 38.2 Å². The summed E-state index contributed by atoms with van der Waals surface area (Å²) in [5.41, 5.74) is 3.53. The van der Waals surface area contributed by atoms with Gasteiger partial charge < -0.3 is 4.57 Å². The largest absolute Gasteiger partial charge is 0.335 e. The second-order valence-electron chi connectivity index (χ2n) is 7.80. The van der Waals surface area contributed by atoms with E-state index in [2.05, 4.69) is 20.8 Å². The van der Waals surface area contributed by atoms with Crippen molar-refractivity contribution in [1.82, 2.24) is 24.2 Å². The Labute approximate surface area is 157 Å². The number of hydrogen-bond acceptors (Lipinski definition) is 5. The second-order valence-corrected chi connectivity index (χ2v) is 8.90. The number of aryl methyl sites for hydroxylation is 3. The fraction of sp³-hybridized carbons (Fsp3) is 0.632. The smallest absolute Gasteiger partial charge is 0.267 e.